The first-order chi connectivity index (χ1) is 8.70. The normalized spacial score (nSPS) is 12.1. The van der Waals surface area contributed by atoms with Crippen LogP contribution in [0.2, 0.25) is 0 Å². The molecule has 2 N–H and O–H groups in total. The van der Waals surface area contributed by atoms with Gasteiger partial charge in [-0.05, 0) is 37.4 Å². The molecule has 0 saturated carbocycles. The monoisotopic (exact) mass is 263 g/mol. The Morgan fingerprint density at radius 1 is 1.39 bits per heavy atom. The molecular weight excluding hydrogens is 250 g/mol. The van der Waals surface area contributed by atoms with Gasteiger partial charge in [-0.3, -0.25) is 4.79 Å². The molecule has 0 radical (unpaired) electrons. The highest BCUT2D eigenvalue weighted by molar-refractivity contribution is 7.98. The Bertz CT molecular complexity index is 511. The quantitative estimate of drug-likeness (QED) is 0.815. The van der Waals surface area contributed by atoms with E-state index in [0.717, 1.165) is 4.90 Å². The van der Waals surface area contributed by atoms with Crippen LogP contribution in [0.15, 0.2) is 29.2 Å². The molecule has 0 bridgehead atoms. The van der Waals surface area contributed by atoms with Crippen LogP contribution in [0, 0.1) is 0 Å². The van der Waals surface area contributed by atoms with Crippen molar-refractivity contribution < 1.29 is 4.79 Å². The van der Waals surface area contributed by atoms with Gasteiger partial charge in [0.1, 0.15) is 0 Å². The maximum atomic E-state index is 11.9. The van der Waals surface area contributed by atoms with Crippen LogP contribution in [0.1, 0.15) is 29.1 Å². The third-order valence-corrected chi connectivity index (χ3v) is 3.19. The molecule has 18 heavy (non-hydrogen) atoms. The van der Waals surface area contributed by atoms with Gasteiger partial charge in [0.2, 0.25) is 0 Å². The number of tetrazole rings is 1. The minimum Gasteiger partial charge on any atom is -0.342 e. The molecule has 0 saturated heterocycles. The SMILES string of the molecule is CSc1ccc(C(=O)NC(C)c2nn[nH]n2)cc1. The molecule has 1 amide bonds. The molecule has 0 fully saturated rings. The molecule has 0 aliphatic rings. The average Bonchev–Trinajstić information content (AvgIpc) is 2.92. The van der Waals surface area contributed by atoms with E-state index in [0.29, 0.717) is 11.4 Å². The summed E-state index contributed by atoms with van der Waals surface area (Å²) in [7, 11) is 0. The van der Waals surface area contributed by atoms with E-state index in [4.69, 9.17) is 0 Å². The van der Waals surface area contributed by atoms with Crippen molar-refractivity contribution in [1.82, 2.24) is 25.9 Å². The van der Waals surface area contributed by atoms with Crippen molar-refractivity contribution in [2.75, 3.05) is 6.26 Å². The van der Waals surface area contributed by atoms with Crippen LogP contribution in [-0.2, 0) is 0 Å². The summed E-state index contributed by atoms with van der Waals surface area (Å²) in [5.41, 5.74) is 0.614. The largest absolute Gasteiger partial charge is 0.342 e. The number of rotatable bonds is 4. The lowest BCUT2D eigenvalue weighted by atomic mass is 10.2. The summed E-state index contributed by atoms with van der Waals surface area (Å²) >= 11 is 1.64. The van der Waals surface area contributed by atoms with Gasteiger partial charge >= 0.3 is 0 Å². The zero-order valence-electron chi connectivity index (χ0n) is 10.0. The maximum absolute atomic E-state index is 11.9. The molecule has 1 unspecified atom stereocenters. The fourth-order valence-corrected chi connectivity index (χ4v) is 1.85. The highest BCUT2D eigenvalue weighted by Gasteiger charge is 2.14. The van der Waals surface area contributed by atoms with E-state index in [-0.39, 0.29) is 11.9 Å². The number of hydrogen-bond acceptors (Lipinski definition) is 5. The minimum atomic E-state index is -0.281. The lowest BCUT2D eigenvalue weighted by Crippen LogP contribution is -2.27. The van der Waals surface area contributed by atoms with Crippen molar-refractivity contribution >= 4 is 17.7 Å². The molecule has 1 aromatic carbocycles. The summed E-state index contributed by atoms with van der Waals surface area (Å²) in [5, 5.41) is 16.3. The van der Waals surface area contributed by atoms with Gasteiger partial charge in [0.15, 0.2) is 5.82 Å². The van der Waals surface area contributed by atoms with E-state index in [1.165, 1.54) is 0 Å². The zero-order valence-corrected chi connectivity index (χ0v) is 10.9. The molecule has 7 heteroatoms. The molecule has 0 spiro atoms. The van der Waals surface area contributed by atoms with Gasteiger partial charge in [-0.2, -0.15) is 5.21 Å². The predicted octanol–water partition coefficient (Wildman–Crippen LogP) is 1.41. The van der Waals surface area contributed by atoms with Gasteiger partial charge in [0, 0.05) is 10.5 Å². The van der Waals surface area contributed by atoms with Crippen LogP contribution in [0.25, 0.3) is 0 Å². The second kappa shape index (κ2) is 5.63. The molecule has 6 nitrogen and oxygen atoms in total. The molecular formula is C11H13N5OS. The lowest BCUT2D eigenvalue weighted by Gasteiger charge is -2.10. The van der Waals surface area contributed by atoms with Gasteiger partial charge in [-0.15, -0.1) is 22.0 Å². The van der Waals surface area contributed by atoms with E-state index < -0.39 is 0 Å². The van der Waals surface area contributed by atoms with Gasteiger partial charge in [0.25, 0.3) is 5.91 Å². The fraction of sp³-hybridized carbons (Fsp3) is 0.273. The lowest BCUT2D eigenvalue weighted by molar-refractivity contribution is 0.0938. The Morgan fingerprint density at radius 2 is 2.11 bits per heavy atom. The highest BCUT2D eigenvalue weighted by Crippen LogP contribution is 2.15. The first kappa shape index (κ1) is 12.6. The summed E-state index contributed by atoms with van der Waals surface area (Å²) in [4.78, 5) is 13.1. The number of aromatic amines is 1. The van der Waals surface area contributed by atoms with E-state index in [9.17, 15) is 4.79 Å². The van der Waals surface area contributed by atoms with Crippen molar-refractivity contribution in [2.45, 2.75) is 17.9 Å². The van der Waals surface area contributed by atoms with Gasteiger partial charge < -0.3 is 5.32 Å². The number of benzene rings is 1. The summed E-state index contributed by atoms with van der Waals surface area (Å²) in [6.45, 7) is 1.80. The van der Waals surface area contributed by atoms with Crippen molar-refractivity contribution in [3.8, 4) is 0 Å². The van der Waals surface area contributed by atoms with E-state index in [1.807, 2.05) is 18.4 Å². The number of carbonyl (C=O) groups excluding carboxylic acids is 1. The van der Waals surface area contributed by atoms with Crippen molar-refractivity contribution in [3.63, 3.8) is 0 Å². The summed E-state index contributed by atoms with van der Waals surface area (Å²) in [6, 6.07) is 7.14. The van der Waals surface area contributed by atoms with Gasteiger partial charge in [-0.25, -0.2) is 0 Å². The molecule has 1 atom stereocenters. The molecule has 94 valence electrons. The molecule has 1 heterocycles. The highest BCUT2D eigenvalue weighted by atomic mass is 32.2. The van der Waals surface area contributed by atoms with Crippen molar-refractivity contribution in [2.24, 2.45) is 0 Å². The van der Waals surface area contributed by atoms with Crippen LogP contribution in [0.4, 0.5) is 0 Å². The summed E-state index contributed by atoms with van der Waals surface area (Å²) < 4.78 is 0. The summed E-state index contributed by atoms with van der Waals surface area (Å²) in [6.07, 6.45) is 1.99. The average molecular weight is 263 g/mol. The van der Waals surface area contributed by atoms with E-state index >= 15 is 0 Å². The fourth-order valence-electron chi connectivity index (χ4n) is 1.44. The first-order valence-electron chi connectivity index (χ1n) is 5.39. The van der Waals surface area contributed by atoms with Crippen LogP contribution >= 0.6 is 11.8 Å². The second-order valence-corrected chi connectivity index (χ2v) is 4.57. The van der Waals surface area contributed by atoms with Crippen LogP contribution in [0.5, 0.6) is 0 Å². The topological polar surface area (TPSA) is 83.6 Å². The Hall–Kier alpha value is -1.89. The molecule has 2 rings (SSSR count). The molecule has 2 aromatic rings. The van der Waals surface area contributed by atoms with Crippen LogP contribution in [-0.4, -0.2) is 32.8 Å². The third kappa shape index (κ3) is 2.86. The van der Waals surface area contributed by atoms with Crippen LogP contribution in [0.3, 0.4) is 0 Å². The number of amides is 1. The smallest absolute Gasteiger partial charge is 0.251 e. The Morgan fingerprint density at radius 3 is 2.67 bits per heavy atom. The van der Waals surface area contributed by atoms with Gasteiger partial charge in [0.05, 0.1) is 6.04 Å². The molecule has 1 aromatic heterocycles. The number of H-pyrrole nitrogens is 1. The maximum Gasteiger partial charge on any atom is 0.251 e. The Balaban J connectivity index is 2.03. The standard InChI is InChI=1S/C11H13N5OS/c1-7(10-13-15-16-14-10)12-11(17)8-3-5-9(18-2)6-4-8/h3-7H,1-2H3,(H,12,17)(H,13,14,15,16). The zero-order chi connectivity index (χ0) is 13.0. The number of hydrogen-bond donors (Lipinski definition) is 2. The van der Waals surface area contributed by atoms with Crippen molar-refractivity contribution in [3.05, 3.63) is 35.7 Å². The van der Waals surface area contributed by atoms with E-state index in [2.05, 4.69) is 25.9 Å². The number of carbonyl (C=O) groups is 1. The van der Waals surface area contributed by atoms with Gasteiger partial charge in [-0.1, -0.05) is 5.21 Å². The number of nitrogens with one attached hydrogen (secondary N) is 2. The number of aromatic nitrogens is 4. The first-order valence-corrected chi connectivity index (χ1v) is 6.61. The second-order valence-electron chi connectivity index (χ2n) is 3.69. The predicted molar refractivity (Wildman–Crippen MR) is 68.3 cm³/mol. The number of nitrogens with zero attached hydrogens (tertiary/aromatic N) is 3. The number of thioether (sulfide) groups is 1. The van der Waals surface area contributed by atoms with Crippen LogP contribution < -0.4 is 5.32 Å². The molecule has 0 aliphatic heterocycles. The Labute approximate surface area is 109 Å². The van der Waals surface area contributed by atoms with E-state index in [1.54, 1.807) is 30.8 Å². The van der Waals surface area contributed by atoms with Crippen molar-refractivity contribution in [1.29, 1.82) is 0 Å². The summed E-state index contributed by atoms with van der Waals surface area (Å²) in [5.74, 6) is 0.309. The third-order valence-electron chi connectivity index (χ3n) is 2.45. The molecule has 0 aliphatic carbocycles. The Kier molecular flexibility index (Phi) is 3.93. The minimum absolute atomic E-state index is 0.153.